The zero-order valence-electron chi connectivity index (χ0n) is 11.4. The SMILES string of the molecule is CCCCCCCOc1ccc(C#CCO)c(F)c1. The number of hydrogen-bond acceptors (Lipinski definition) is 2. The Bertz CT molecular complexity index is 432. The van der Waals surface area contributed by atoms with E-state index in [-0.39, 0.29) is 12.2 Å². The Kier molecular flexibility index (Phi) is 7.69. The van der Waals surface area contributed by atoms with Gasteiger partial charge in [-0.2, -0.15) is 0 Å². The third kappa shape index (κ3) is 6.26. The highest BCUT2D eigenvalue weighted by Gasteiger charge is 2.02. The number of halogens is 1. The summed E-state index contributed by atoms with van der Waals surface area (Å²) >= 11 is 0. The van der Waals surface area contributed by atoms with Gasteiger partial charge in [0.2, 0.25) is 0 Å². The van der Waals surface area contributed by atoms with Crippen molar-refractivity contribution in [2.45, 2.75) is 39.0 Å². The highest BCUT2D eigenvalue weighted by molar-refractivity contribution is 5.39. The third-order valence-electron chi connectivity index (χ3n) is 2.76. The van der Waals surface area contributed by atoms with Crippen molar-refractivity contribution < 1.29 is 14.2 Å². The molecule has 1 aromatic rings. The van der Waals surface area contributed by atoms with E-state index in [9.17, 15) is 4.39 Å². The summed E-state index contributed by atoms with van der Waals surface area (Å²) in [5.74, 6) is 5.09. The minimum absolute atomic E-state index is 0.268. The topological polar surface area (TPSA) is 29.5 Å². The van der Waals surface area contributed by atoms with Crippen molar-refractivity contribution in [2.24, 2.45) is 0 Å². The van der Waals surface area contributed by atoms with Gasteiger partial charge in [-0.3, -0.25) is 0 Å². The molecular formula is C16H21FO2. The molecule has 3 heteroatoms. The zero-order valence-corrected chi connectivity index (χ0v) is 11.4. The summed E-state index contributed by atoms with van der Waals surface area (Å²) in [6.07, 6.45) is 5.85. The number of rotatable bonds is 7. The largest absolute Gasteiger partial charge is 0.493 e. The van der Waals surface area contributed by atoms with Crippen LogP contribution < -0.4 is 4.74 Å². The third-order valence-corrected chi connectivity index (χ3v) is 2.76. The maximum Gasteiger partial charge on any atom is 0.142 e. The van der Waals surface area contributed by atoms with E-state index >= 15 is 0 Å². The van der Waals surface area contributed by atoms with Crippen LogP contribution in [0.1, 0.15) is 44.6 Å². The van der Waals surface area contributed by atoms with Crippen LogP contribution in [0.15, 0.2) is 18.2 Å². The number of unbranched alkanes of at least 4 members (excludes halogenated alkanes) is 4. The first-order valence-corrected chi connectivity index (χ1v) is 6.80. The molecule has 0 spiro atoms. The van der Waals surface area contributed by atoms with E-state index in [4.69, 9.17) is 9.84 Å². The number of benzene rings is 1. The quantitative estimate of drug-likeness (QED) is 0.603. The molecule has 0 aromatic heterocycles. The van der Waals surface area contributed by atoms with Crippen LogP contribution in [0, 0.1) is 17.7 Å². The van der Waals surface area contributed by atoms with Gasteiger partial charge in [0.25, 0.3) is 0 Å². The Morgan fingerprint density at radius 1 is 1.21 bits per heavy atom. The van der Waals surface area contributed by atoms with E-state index in [0.717, 1.165) is 12.8 Å². The van der Waals surface area contributed by atoms with Gasteiger partial charge in [0.1, 0.15) is 18.2 Å². The van der Waals surface area contributed by atoms with Crippen LogP contribution in [0.3, 0.4) is 0 Å². The summed E-state index contributed by atoms with van der Waals surface area (Å²) in [6, 6.07) is 4.62. The van der Waals surface area contributed by atoms with Crippen LogP contribution in [0.2, 0.25) is 0 Å². The van der Waals surface area contributed by atoms with Gasteiger partial charge in [0, 0.05) is 6.07 Å². The average Bonchev–Trinajstić information content (AvgIpc) is 2.42. The molecule has 0 heterocycles. The predicted molar refractivity (Wildman–Crippen MR) is 74.6 cm³/mol. The lowest BCUT2D eigenvalue weighted by atomic mass is 10.2. The Labute approximate surface area is 114 Å². The summed E-state index contributed by atoms with van der Waals surface area (Å²) in [4.78, 5) is 0. The van der Waals surface area contributed by atoms with Crippen LogP contribution in [0.5, 0.6) is 5.75 Å². The lowest BCUT2D eigenvalue weighted by Crippen LogP contribution is -1.98. The number of aliphatic hydroxyl groups excluding tert-OH is 1. The average molecular weight is 264 g/mol. The van der Waals surface area contributed by atoms with E-state index in [1.54, 1.807) is 12.1 Å². The van der Waals surface area contributed by atoms with Crippen molar-refractivity contribution in [3.63, 3.8) is 0 Å². The molecule has 0 saturated heterocycles. The number of hydrogen-bond donors (Lipinski definition) is 1. The normalized spacial score (nSPS) is 9.84. The second-order valence-corrected chi connectivity index (χ2v) is 4.36. The molecule has 1 N–H and O–H groups in total. The molecule has 0 fully saturated rings. The van der Waals surface area contributed by atoms with Gasteiger partial charge >= 0.3 is 0 Å². The molecular weight excluding hydrogens is 243 g/mol. The van der Waals surface area contributed by atoms with Crippen LogP contribution in [0.4, 0.5) is 4.39 Å². The molecule has 1 rings (SSSR count). The standard InChI is InChI=1S/C16H21FO2/c1-2-3-4-5-6-12-19-15-10-9-14(8-7-11-18)16(17)13-15/h9-10,13,18H,2-6,11-12H2,1H3. The molecule has 19 heavy (non-hydrogen) atoms. The lowest BCUT2D eigenvalue weighted by Gasteiger charge is -2.06. The summed E-state index contributed by atoms with van der Waals surface area (Å²) in [6.45, 7) is 2.53. The zero-order chi connectivity index (χ0) is 13.9. The van der Waals surface area contributed by atoms with E-state index in [1.165, 1.54) is 25.3 Å². The van der Waals surface area contributed by atoms with E-state index in [1.807, 2.05) is 0 Å². The summed E-state index contributed by atoms with van der Waals surface area (Å²) in [7, 11) is 0. The summed E-state index contributed by atoms with van der Waals surface area (Å²) < 4.78 is 19.1. The van der Waals surface area contributed by atoms with Crippen LogP contribution in [-0.2, 0) is 0 Å². The molecule has 0 bridgehead atoms. The second-order valence-electron chi connectivity index (χ2n) is 4.36. The van der Waals surface area contributed by atoms with Gasteiger partial charge in [-0.15, -0.1) is 0 Å². The fourth-order valence-corrected chi connectivity index (χ4v) is 1.72. The first-order valence-electron chi connectivity index (χ1n) is 6.80. The fourth-order valence-electron chi connectivity index (χ4n) is 1.72. The monoisotopic (exact) mass is 264 g/mol. The number of ether oxygens (including phenoxy) is 1. The Morgan fingerprint density at radius 3 is 2.68 bits per heavy atom. The second kappa shape index (κ2) is 9.41. The number of aliphatic hydroxyl groups is 1. The first-order chi connectivity index (χ1) is 9.27. The molecule has 2 nitrogen and oxygen atoms in total. The van der Waals surface area contributed by atoms with Gasteiger partial charge in [-0.1, -0.05) is 44.4 Å². The van der Waals surface area contributed by atoms with Gasteiger partial charge < -0.3 is 9.84 Å². The molecule has 0 saturated carbocycles. The van der Waals surface area contributed by atoms with Crippen molar-refractivity contribution in [3.8, 4) is 17.6 Å². The maximum absolute atomic E-state index is 13.6. The molecule has 0 atom stereocenters. The Morgan fingerprint density at radius 2 is 2.00 bits per heavy atom. The van der Waals surface area contributed by atoms with Crippen molar-refractivity contribution in [2.75, 3.05) is 13.2 Å². The minimum Gasteiger partial charge on any atom is -0.493 e. The van der Waals surface area contributed by atoms with Crippen LogP contribution in [0.25, 0.3) is 0 Å². The van der Waals surface area contributed by atoms with Gasteiger partial charge in [0.05, 0.1) is 12.2 Å². The van der Waals surface area contributed by atoms with Crippen molar-refractivity contribution in [1.82, 2.24) is 0 Å². The fraction of sp³-hybridized carbons (Fsp3) is 0.500. The lowest BCUT2D eigenvalue weighted by molar-refractivity contribution is 0.303. The highest BCUT2D eigenvalue weighted by atomic mass is 19.1. The van der Waals surface area contributed by atoms with Gasteiger partial charge in [0.15, 0.2) is 0 Å². The summed E-state index contributed by atoms with van der Waals surface area (Å²) in [5.41, 5.74) is 0.282. The van der Waals surface area contributed by atoms with E-state index < -0.39 is 5.82 Å². The van der Waals surface area contributed by atoms with Crippen molar-refractivity contribution in [3.05, 3.63) is 29.6 Å². The predicted octanol–water partition coefficient (Wildman–Crippen LogP) is 3.52. The first kappa shape index (κ1) is 15.5. The maximum atomic E-state index is 13.6. The van der Waals surface area contributed by atoms with Gasteiger partial charge in [-0.25, -0.2) is 4.39 Å². The molecule has 0 aliphatic carbocycles. The van der Waals surface area contributed by atoms with Gasteiger partial charge in [-0.05, 0) is 18.6 Å². The van der Waals surface area contributed by atoms with Crippen molar-refractivity contribution >= 4 is 0 Å². The molecule has 0 unspecified atom stereocenters. The smallest absolute Gasteiger partial charge is 0.142 e. The molecule has 0 amide bonds. The summed E-state index contributed by atoms with van der Waals surface area (Å²) in [5, 5.41) is 8.56. The Hall–Kier alpha value is -1.53. The highest BCUT2D eigenvalue weighted by Crippen LogP contribution is 2.16. The Balaban J connectivity index is 2.37. The molecule has 0 aliphatic heterocycles. The van der Waals surface area contributed by atoms with Crippen molar-refractivity contribution in [1.29, 1.82) is 0 Å². The molecule has 0 radical (unpaired) electrons. The van der Waals surface area contributed by atoms with E-state index in [2.05, 4.69) is 18.8 Å². The van der Waals surface area contributed by atoms with E-state index in [0.29, 0.717) is 12.4 Å². The minimum atomic E-state index is -0.413. The molecule has 0 aliphatic rings. The molecule has 104 valence electrons. The van der Waals surface area contributed by atoms with Crippen LogP contribution >= 0.6 is 0 Å². The molecule has 1 aromatic carbocycles. The van der Waals surface area contributed by atoms with Crippen LogP contribution in [-0.4, -0.2) is 18.3 Å².